The summed E-state index contributed by atoms with van der Waals surface area (Å²) in [4.78, 5) is 3.74. The molecule has 0 aliphatic heterocycles. The Hall–Kier alpha value is -1.26. The van der Waals surface area contributed by atoms with Crippen LogP contribution in [0.5, 0.6) is 0 Å². The van der Waals surface area contributed by atoms with Crippen LogP contribution in [0, 0.1) is 11.3 Å². The highest BCUT2D eigenvalue weighted by Crippen LogP contribution is 2.29. The molecule has 0 saturated carbocycles. The van der Waals surface area contributed by atoms with E-state index in [0.717, 1.165) is 12.3 Å². The highest BCUT2D eigenvalue weighted by Gasteiger charge is 2.30. The molecule has 0 aliphatic rings. The molecule has 104 valence electrons. The maximum Gasteiger partial charge on any atom is 0.417 e. The van der Waals surface area contributed by atoms with Crippen molar-refractivity contribution in [1.82, 2.24) is 10.3 Å². The third kappa shape index (κ3) is 5.49. The zero-order chi connectivity index (χ0) is 14.5. The summed E-state index contributed by atoms with van der Waals surface area (Å²) in [6, 6.07) is 4.23. The number of hydrogen-bond acceptors (Lipinski definition) is 4. The monoisotopic (exact) mass is 289 g/mol. The van der Waals surface area contributed by atoms with Gasteiger partial charge in [0.15, 0.2) is 0 Å². The maximum atomic E-state index is 12.3. The van der Waals surface area contributed by atoms with Gasteiger partial charge >= 0.3 is 6.18 Å². The molecule has 1 aromatic heterocycles. The van der Waals surface area contributed by atoms with E-state index < -0.39 is 11.7 Å². The van der Waals surface area contributed by atoms with Gasteiger partial charge in [0.2, 0.25) is 0 Å². The second kappa shape index (κ2) is 6.78. The summed E-state index contributed by atoms with van der Waals surface area (Å²) >= 11 is 1.25. The average Bonchev–Trinajstić information content (AvgIpc) is 2.33. The summed E-state index contributed by atoms with van der Waals surface area (Å²) in [7, 11) is 0. The number of nitrogens with zero attached hydrogens (tertiary/aromatic N) is 2. The first kappa shape index (κ1) is 15.8. The first-order chi connectivity index (χ1) is 8.82. The predicted molar refractivity (Wildman–Crippen MR) is 67.6 cm³/mol. The molecule has 1 N–H and O–H groups in total. The molecule has 1 unspecified atom stereocenters. The molecule has 1 rings (SSSR count). The largest absolute Gasteiger partial charge is 0.417 e. The lowest BCUT2D eigenvalue weighted by Crippen LogP contribution is -2.35. The Morgan fingerprint density at radius 2 is 2.11 bits per heavy atom. The van der Waals surface area contributed by atoms with Gasteiger partial charge in [-0.2, -0.15) is 18.4 Å². The van der Waals surface area contributed by atoms with Crippen molar-refractivity contribution in [2.75, 3.05) is 5.75 Å². The van der Waals surface area contributed by atoms with Crippen molar-refractivity contribution in [3.63, 3.8) is 0 Å². The topological polar surface area (TPSA) is 48.7 Å². The minimum atomic E-state index is -4.37. The normalized spacial score (nSPS) is 13.3. The van der Waals surface area contributed by atoms with Crippen molar-refractivity contribution >= 4 is 11.8 Å². The third-order valence-corrected chi connectivity index (χ3v) is 3.19. The highest BCUT2D eigenvalue weighted by atomic mass is 32.2. The number of nitriles is 1. The van der Waals surface area contributed by atoms with Gasteiger partial charge in [-0.1, -0.05) is 0 Å². The van der Waals surface area contributed by atoms with E-state index in [0.29, 0.717) is 10.8 Å². The lowest BCUT2D eigenvalue weighted by molar-refractivity contribution is -0.137. The minimum absolute atomic E-state index is 0.172. The van der Waals surface area contributed by atoms with E-state index in [1.807, 2.05) is 13.8 Å². The average molecular weight is 289 g/mol. The fourth-order valence-corrected chi connectivity index (χ4v) is 2.13. The Morgan fingerprint density at radius 3 is 2.53 bits per heavy atom. The molecular weight excluding hydrogens is 275 g/mol. The molecular formula is C12H14F3N3S. The Labute approximate surface area is 114 Å². The highest BCUT2D eigenvalue weighted by molar-refractivity contribution is 7.99. The number of aromatic nitrogens is 1. The second-order valence-electron chi connectivity index (χ2n) is 4.20. The van der Waals surface area contributed by atoms with Gasteiger partial charge in [-0.15, -0.1) is 11.8 Å². The van der Waals surface area contributed by atoms with Crippen molar-refractivity contribution in [3.05, 3.63) is 23.9 Å². The molecule has 0 radical (unpaired) electrons. The standard InChI is InChI=1S/C12H14F3N3S/c1-8(2)18-10(5-16)7-19-11-4-3-9(6-17-11)12(13,14)15/h3-4,6,8,10,18H,7H2,1-2H3. The van der Waals surface area contributed by atoms with Crippen LogP contribution in [0.3, 0.4) is 0 Å². The first-order valence-electron chi connectivity index (χ1n) is 5.64. The van der Waals surface area contributed by atoms with Crippen LogP contribution in [-0.4, -0.2) is 22.8 Å². The zero-order valence-electron chi connectivity index (χ0n) is 10.5. The van der Waals surface area contributed by atoms with Gasteiger partial charge in [0.25, 0.3) is 0 Å². The molecule has 0 amide bonds. The van der Waals surface area contributed by atoms with E-state index in [9.17, 15) is 13.2 Å². The second-order valence-corrected chi connectivity index (χ2v) is 5.24. The molecule has 3 nitrogen and oxygen atoms in total. The van der Waals surface area contributed by atoms with Crippen LogP contribution in [0.25, 0.3) is 0 Å². The van der Waals surface area contributed by atoms with E-state index >= 15 is 0 Å². The molecule has 0 aromatic carbocycles. The van der Waals surface area contributed by atoms with Gasteiger partial charge in [0, 0.05) is 18.0 Å². The molecule has 7 heteroatoms. The minimum Gasteiger partial charge on any atom is -0.299 e. The smallest absolute Gasteiger partial charge is 0.299 e. The molecule has 0 spiro atoms. The molecule has 1 heterocycles. The van der Waals surface area contributed by atoms with Crippen LogP contribution in [0.1, 0.15) is 19.4 Å². The van der Waals surface area contributed by atoms with Gasteiger partial charge in [0.05, 0.1) is 16.7 Å². The van der Waals surface area contributed by atoms with Gasteiger partial charge < -0.3 is 0 Å². The van der Waals surface area contributed by atoms with Crippen LogP contribution in [0.15, 0.2) is 23.4 Å². The molecule has 0 saturated heterocycles. The molecule has 1 aromatic rings. The Morgan fingerprint density at radius 1 is 1.42 bits per heavy atom. The molecule has 0 fully saturated rings. The zero-order valence-corrected chi connectivity index (χ0v) is 11.3. The van der Waals surface area contributed by atoms with Crippen LogP contribution >= 0.6 is 11.8 Å². The van der Waals surface area contributed by atoms with Crippen molar-refractivity contribution in [3.8, 4) is 6.07 Å². The van der Waals surface area contributed by atoms with Crippen LogP contribution < -0.4 is 5.32 Å². The van der Waals surface area contributed by atoms with Gasteiger partial charge in [-0.05, 0) is 26.0 Å². The number of hydrogen-bond donors (Lipinski definition) is 1. The summed E-state index contributed by atoms with van der Waals surface area (Å²) in [5, 5.41) is 12.4. The third-order valence-electron chi connectivity index (χ3n) is 2.15. The van der Waals surface area contributed by atoms with Gasteiger partial charge in [-0.3, -0.25) is 5.32 Å². The summed E-state index contributed by atoms with van der Waals surface area (Å²) in [6.07, 6.45) is -3.57. The number of halogens is 3. The van der Waals surface area contributed by atoms with Crippen molar-refractivity contribution in [1.29, 1.82) is 5.26 Å². The molecule has 1 atom stereocenters. The van der Waals surface area contributed by atoms with E-state index in [4.69, 9.17) is 5.26 Å². The lowest BCUT2D eigenvalue weighted by Gasteiger charge is -2.13. The molecule has 0 aliphatic carbocycles. The van der Waals surface area contributed by atoms with E-state index in [1.165, 1.54) is 17.8 Å². The molecule has 19 heavy (non-hydrogen) atoms. The van der Waals surface area contributed by atoms with Crippen LogP contribution in [0.4, 0.5) is 13.2 Å². The maximum absolute atomic E-state index is 12.3. The van der Waals surface area contributed by atoms with Crippen LogP contribution in [-0.2, 0) is 6.18 Å². The van der Waals surface area contributed by atoms with Gasteiger partial charge in [0.1, 0.15) is 6.04 Å². The summed E-state index contributed by atoms with van der Waals surface area (Å²) in [6.45, 7) is 3.84. The number of pyridine rings is 1. The number of alkyl halides is 3. The number of nitrogens with one attached hydrogen (secondary N) is 1. The number of rotatable bonds is 5. The first-order valence-corrected chi connectivity index (χ1v) is 6.63. The fourth-order valence-electron chi connectivity index (χ4n) is 1.33. The lowest BCUT2D eigenvalue weighted by atomic mass is 10.3. The van der Waals surface area contributed by atoms with E-state index in [2.05, 4.69) is 16.4 Å². The Kier molecular flexibility index (Phi) is 5.63. The van der Waals surface area contributed by atoms with Crippen molar-refractivity contribution in [2.45, 2.75) is 37.1 Å². The van der Waals surface area contributed by atoms with E-state index in [-0.39, 0.29) is 12.1 Å². The summed E-state index contributed by atoms with van der Waals surface area (Å²) in [5.74, 6) is 0.438. The predicted octanol–water partition coefficient (Wildman–Crippen LogP) is 3.08. The van der Waals surface area contributed by atoms with E-state index in [1.54, 1.807) is 0 Å². The van der Waals surface area contributed by atoms with Crippen molar-refractivity contribution in [2.24, 2.45) is 0 Å². The summed E-state index contributed by atoms with van der Waals surface area (Å²) in [5.41, 5.74) is -0.769. The summed E-state index contributed by atoms with van der Waals surface area (Å²) < 4.78 is 37.0. The van der Waals surface area contributed by atoms with Crippen LogP contribution in [0.2, 0.25) is 0 Å². The fraction of sp³-hybridized carbons (Fsp3) is 0.500. The quantitative estimate of drug-likeness (QED) is 0.846. The number of thioether (sulfide) groups is 1. The molecule has 0 bridgehead atoms. The van der Waals surface area contributed by atoms with Gasteiger partial charge in [-0.25, -0.2) is 4.98 Å². The SMILES string of the molecule is CC(C)NC(C#N)CSc1ccc(C(F)(F)F)cn1. The Bertz CT molecular complexity index is 437. The van der Waals surface area contributed by atoms with Crippen molar-refractivity contribution < 1.29 is 13.2 Å². The Balaban J connectivity index is 2.57.